The van der Waals surface area contributed by atoms with Gasteiger partial charge in [0.1, 0.15) is 18.5 Å². The third-order valence-corrected chi connectivity index (χ3v) is 5.42. The number of rotatable bonds is 7. The van der Waals surface area contributed by atoms with E-state index in [0.717, 1.165) is 29.3 Å². The summed E-state index contributed by atoms with van der Waals surface area (Å²) in [4.78, 5) is 27.3. The normalized spacial score (nSPS) is 18.2. The molecular formula is C20H21NO4S. The van der Waals surface area contributed by atoms with Gasteiger partial charge in [-0.05, 0) is 42.2 Å². The number of hydrogen-bond donors (Lipinski definition) is 1. The van der Waals surface area contributed by atoms with Crippen LogP contribution in [-0.4, -0.2) is 32.8 Å². The molecule has 26 heavy (non-hydrogen) atoms. The lowest BCUT2D eigenvalue weighted by atomic mass is 10.1. The summed E-state index contributed by atoms with van der Waals surface area (Å²) in [6.07, 6.45) is 2.47. The number of aromatic nitrogens is 1. The zero-order valence-electron chi connectivity index (χ0n) is 14.6. The Labute approximate surface area is 156 Å². The fraction of sp³-hybridized carbons (Fsp3) is 0.350. The van der Waals surface area contributed by atoms with Crippen LogP contribution >= 0.6 is 11.8 Å². The topological polar surface area (TPSA) is 76.5 Å². The first kappa shape index (κ1) is 18.6. The SMILES string of the molecule is CCc1ccc([C@@H](O)COc2ccc(CC3SC(=O)CC3=O)cc2)nc1. The number of nitrogens with zero attached hydrogens (tertiary/aromatic N) is 1. The maximum atomic E-state index is 11.7. The molecule has 0 radical (unpaired) electrons. The zero-order valence-corrected chi connectivity index (χ0v) is 15.4. The summed E-state index contributed by atoms with van der Waals surface area (Å²) in [6, 6.07) is 11.1. The molecule has 0 amide bonds. The summed E-state index contributed by atoms with van der Waals surface area (Å²) >= 11 is 1.13. The average molecular weight is 371 g/mol. The van der Waals surface area contributed by atoms with E-state index in [-0.39, 0.29) is 29.2 Å². The second-order valence-electron chi connectivity index (χ2n) is 6.24. The van der Waals surface area contributed by atoms with Gasteiger partial charge in [-0.1, -0.05) is 36.9 Å². The first-order valence-corrected chi connectivity index (χ1v) is 9.50. The van der Waals surface area contributed by atoms with Gasteiger partial charge in [0.15, 0.2) is 10.9 Å². The molecule has 0 spiro atoms. The van der Waals surface area contributed by atoms with Crippen molar-refractivity contribution in [3.8, 4) is 5.75 Å². The van der Waals surface area contributed by atoms with Crippen molar-refractivity contribution in [1.29, 1.82) is 0 Å². The van der Waals surface area contributed by atoms with Crippen LogP contribution in [0.1, 0.15) is 36.3 Å². The number of aliphatic hydroxyl groups is 1. The van der Waals surface area contributed by atoms with E-state index in [1.165, 1.54) is 0 Å². The number of hydrogen-bond acceptors (Lipinski definition) is 6. The number of aliphatic hydroxyl groups excluding tert-OH is 1. The number of carbonyl (C=O) groups is 2. The molecule has 6 heteroatoms. The first-order valence-electron chi connectivity index (χ1n) is 8.62. The van der Waals surface area contributed by atoms with Crippen LogP contribution in [0.5, 0.6) is 5.75 Å². The second-order valence-corrected chi connectivity index (χ2v) is 7.50. The lowest BCUT2D eigenvalue weighted by molar-refractivity contribution is -0.121. The summed E-state index contributed by atoms with van der Waals surface area (Å²) in [7, 11) is 0. The van der Waals surface area contributed by atoms with Crippen molar-refractivity contribution >= 4 is 22.7 Å². The number of aryl methyl sites for hydroxylation is 1. The van der Waals surface area contributed by atoms with Crippen LogP contribution in [0, 0.1) is 0 Å². The molecule has 0 saturated carbocycles. The predicted octanol–water partition coefficient (Wildman–Crippen LogP) is 2.90. The minimum atomic E-state index is -0.792. The number of thioether (sulfide) groups is 1. The third kappa shape index (κ3) is 4.71. The summed E-state index contributed by atoms with van der Waals surface area (Å²) in [5, 5.41) is 9.87. The molecule has 1 aliphatic rings. The van der Waals surface area contributed by atoms with Gasteiger partial charge in [0.25, 0.3) is 0 Å². The lowest BCUT2D eigenvalue weighted by Gasteiger charge is -2.13. The average Bonchev–Trinajstić information content (AvgIpc) is 2.98. The van der Waals surface area contributed by atoms with Gasteiger partial charge in [0.05, 0.1) is 17.4 Å². The molecule has 1 fully saturated rings. The maximum Gasteiger partial charge on any atom is 0.197 e. The maximum absolute atomic E-state index is 11.7. The van der Waals surface area contributed by atoms with Crippen molar-refractivity contribution in [2.75, 3.05) is 6.61 Å². The summed E-state index contributed by atoms with van der Waals surface area (Å²) in [6.45, 7) is 2.17. The van der Waals surface area contributed by atoms with Gasteiger partial charge in [0.2, 0.25) is 0 Å². The molecule has 3 rings (SSSR count). The number of pyridine rings is 1. The highest BCUT2D eigenvalue weighted by atomic mass is 32.2. The van der Waals surface area contributed by atoms with Crippen molar-refractivity contribution < 1.29 is 19.4 Å². The molecule has 2 atom stereocenters. The zero-order chi connectivity index (χ0) is 18.5. The molecule has 1 aromatic heterocycles. The van der Waals surface area contributed by atoms with E-state index in [9.17, 15) is 14.7 Å². The minimum Gasteiger partial charge on any atom is -0.490 e. The molecule has 2 heterocycles. The number of carbonyl (C=O) groups excluding carboxylic acids is 2. The fourth-order valence-electron chi connectivity index (χ4n) is 2.72. The highest BCUT2D eigenvalue weighted by Crippen LogP contribution is 2.28. The highest BCUT2D eigenvalue weighted by Gasteiger charge is 2.31. The molecule has 0 bridgehead atoms. The Bertz CT molecular complexity index is 773. The van der Waals surface area contributed by atoms with Crippen molar-refractivity contribution in [2.24, 2.45) is 0 Å². The van der Waals surface area contributed by atoms with E-state index in [0.29, 0.717) is 17.9 Å². The molecule has 5 nitrogen and oxygen atoms in total. The Kier molecular flexibility index (Phi) is 6.06. The van der Waals surface area contributed by atoms with Crippen molar-refractivity contribution in [3.63, 3.8) is 0 Å². The third-order valence-electron chi connectivity index (χ3n) is 4.30. The molecule has 1 saturated heterocycles. The molecule has 1 aliphatic heterocycles. The van der Waals surface area contributed by atoms with Gasteiger partial charge in [-0.25, -0.2) is 0 Å². The lowest BCUT2D eigenvalue weighted by Crippen LogP contribution is -2.13. The molecule has 2 aromatic rings. The monoisotopic (exact) mass is 371 g/mol. The van der Waals surface area contributed by atoms with E-state index in [1.54, 1.807) is 6.20 Å². The van der Waals surface area contributed by atoms with Gasteiger partial charge < -0.3 is 9.84 Å². The van der Waals surface area contributed by atoms with Crippen LogP contribution in [0.15, 0.2) is 42.6 Å². The molecule has 136 valence electrons. The van der Waals surface area contributed by atoms with Crippen LogP contribution < -0.4 is 4.74 Å². The standard InChI is InChI=1S/C20H21NO4S/c1-2-13-5-8-16(21-11-13)18(23)12-25-15-6-3-14(4-7-15)9-19-17(22)10-20(24)26-19/h3-8,11,18-19,23H,2,9-10,12H2,1H3/t18-,19?/m0/s1. The summed E-state index contributed by atoms with van der Waals surface area (Å²) < 4.78 is 5.63. The Morgan fingerprint density at radius 1 is 1.19 bits per heavy atom. The van der Waals surface area contributed by atoms with Crippen LogP contribution in [0.25, 0.3) is 0 Å². The molecule has 0 aliphatic carbocycles. The van der Waals surface area contributed by atoms with Gasteiger partial charge in [-0.3, -0.25) is 14.6 Å². The molecule has 1 N–H and O–H groups in total. The quantitative estimate of drug-likeness (QED) is 0.754. The molecular weight excluding hydrogens is 350 g/mol. The molecule has 1 aromatic carbocycles. The van der Waals surface area contributed by atoms with E-state index in [1.807, 2.05) is 36.4 Å². The van der Waals surface area contributed by atoms with E-state index in [2.05, 4.69) is 11.9 Å². The Morgan fingerprint density at radius 2 is 1.92 bits per heavy atom. The number of ketones is 1. The minimum absolute atomic E-state index is 0.00467. The van der Waals surface area contributed by atoms with Crippen molar-refractivity contribution in [1.82, 2.24) is 4.98 Å². The van der Waals surface area contributed by atoms with E-state index in [4.69, 9.17) is 4.74 Å². The van der Waals surface area contributed by atoms with Gasteiger partial charge >= 0.3 is 0 Å². The Hall–Kier alpha value is -2.18. The van der Waals surface area contributed by atoms with Crippen LogP contribution in [-0.2, 0) is 22.4 Å². The van der Waals surface area contributed by atoms with Gasteiger partial charge in [-0.15, -0.1) is 0 Å². The van der Waals surface area contributed by atoms with Crippen molar-refractivity contribution in [2.45, 2.75) is 37.5 Å². The second kappa shape index (κ2) is 8.47. The smallest absolute Gasteiger partial charge is 0.197 e. The van der Waals surface area contributed by atoms with Crippen molar-refractivity contribution in [3.05, 3.63) is 59.4 Å². The van der Waals surface area contributed by atoms with Crippen LogP contribution in [0.4, 0.5) is 0 Å². The largest absolute Gasteiger partial charge is 0.490 e. The van der Waals surface area contributed by atoms with Gasteiger partial charge in [0, 0.05) is 6.20 Å². The fourth-order valence-corrected chi connectivity index (χ4v) is 3.75. The highest BCUT2D eigenvalue weighted by molar-refractivity contribution is 8.15. The Morgan fingerprint density at radius 3 is 2.50 bits per heavy atom. The van der Waals surface area contributed by atoms with E-state index < -0.39 is 6.10 Å². The number of ether oxygens (including phenoxy) is 1. The number of Topliss-reactive ketones (excluding diaryl/α,β-unsaturated/α-hetero) is 1. The first-order chi connectivity index (χ1) is 12.5. The predicted molar refractivity (Wildman–Crippen MR) is 100 cm³/mol. The van der Waals surface area contributed by atoms with Crippen LogP contribution in [0.2, 0.25) is 0 Å². The van der Waals surface area contributed by atoms with Crippen LogP contribution in [0.3, 0.4) is 0 Å². The number of benzene rings is 1. The summed E-state index contributed by atoms with van der Waals surface area (Å²) in [5.41, 5.74) is 2.69. The van der Waals surface area contributed by atoms with Gasteiger partial charge in [-0.2, -0.15) is 0 Å². The molecule has 1 unspecified atom stereocenters. The summed E-state index contributed by atoms with van der Waals surface area (Å²) in [5.74, 6) is 0.643. The van der Waals surface area contributed by atoms with E-state index >= 15 is 0 Å². The Balaban J connectivity index is 1.52.